The molecule has 1 heterocycles. The average molecular weight is 263 g/mol. The zero-order chi connectivity index (χ0) is 14.0. The highest BCUT2D eigenvalue weighted by molar-refractivity contribution is 5.75. The number of fused-ring (bicyclic) bond motifs is 1. The van der Waals surface area contributed by atoms with Gasteiger partial charge < -0.3 is 5.32 Å². The lowest BCUT2D eigenvalue weighted by molar-refractivity contribution is -0.346. The van der Waals surface area contributed by atoms with E-state index in [1.54, 1.807) is 0 Å². The van der Waals surface area contributed by atoms with Gasteiger partial charge in [0.25, 0.3) is 0 Å². The molecule has 0 atom stereocenters. The van der Waals surface area contributed by atoms with Gasteiger partial charge in [0.1, 0.15) is 0 Å². The number of allylic oxidation sites excluding steroid dienone is 2. The Hall–Kier alpha value is -2.35. The van der Waals surface area contributed by atoms with E-state index in [1.165, 1.54) is 16.9 Å². The van der Waals surface area contributed by atoms with Crippen molar-refractivity contribution in [2.75, 3.05) is 5.32 Å². The number of rotatable bonds is 2. The molecule has 0 saturated carbocycles. The van der Waals surface area contributed by atoms with E-state index in [0.717, 1.165) is 5.69 Å². The molecule has 20 heavy (non-hydrogen) atoms. The van der Waals surface area contributed by atoms with Crippen LogP contribution in [0.3, 0.4) is 0 Å². The third-order valence-electron chi connectivity index (χ3n) is 3.82. The highest BCUT2D eigenvalue weighted by atomic mass is 15.0. The Morgan fingerprint density at radius 3 is 2.40 bits per heavy atom. The topological polar surface area (TPSA) is 26.0 Å². The van der Waals surface area contributed by atoms with Gasteiger partial charge in [-0.15, -0.1) is 0 Å². The summed E-state index contributed by atoms with van der Waals surface area (Å²) < 4.78 is 0. The summed E-state index contributed by atoms with van der Waals surface area (Å²) in [5.74, 6) is 0. The quantitative estimate of drug-likeness (QED) is 0.801. The zero-order valence-electron chi connectivity index (χ0n) is 11.9. The first kappa shape index (κ1) is 12.7. The fraction of sp³-hybridized carbons (Fsp3) is 0.167. The van der Waals surface area contributed by atoms with E-state index in [1.807, 2.05) is 24.4 Å². The highest BCUT2D eigenvalue weighted by Crippen LogP contribution is 2.42. The second-order valence-corrected chi connectivity index (χ2v) is 5.55. The van der Waals surface area contributed by atoms with Crippen LogP contribution in [0, 0.1) is 0 Å². The average Bonchev–Trinajstić information content (AvgIpc) is 2.72. The SMILES string of the molecule is CC1(C)C(=CC=[NH+]c2ccccc2)Nc2ccccc21. The summed E-state index contributed by atoms with van der Waals surface area (Å²) in [6.07, 6.45) is 4.11. The maximum absolute atomic E-state index is 3.50. The maximum atomic E-state index is 3.50. The Morgan fingerprint density at radius 1 is 0.950 bits per heavy atom. The first-order valence-corrected chi connectivity index (χ1v) is 6.90. The zero-order valence-corrected chi connectivity index (χ0v) is 11.9. The number of para-hydroxylation sites is 2. The molecule has 2 nitrogen and oxygen atoms in total. The lowest BCUT2D eigenvalue weighted by Crippen LogP contribution is -2.61. The molecule has 0 spiro atoms. The molecule has 2 aromatic rings. The van der Waals surface area contributed by atoms with Crippen LogP contribution in [0.15, 0.2) is 66.4 Å². The Kier molecular flexibility index (Phi) is 3.15. The van der Waals surface area contributed by atoms with Crippen LogP contribution < -0.4 is 10.3 Å². The molecule has 0 unspecified atom stereocenters. The van der Waals surface area contributed by atoms with Crippen LogP contribution >= 0.6 is 0 Å². The first-order valence-electron chi connectivity index (χ1n) is 6.90. The monoisotopic (exact) mass is 263 g/mol. The lowest BCUT2D eigenvalue weighted by atomic mass is 9.84. The number of anilines is 1. The molecule has 3 rings (SSSR count). The molecule has 0 amide bonds. The van der Waals surface area contributed by atoms with Crippen molar-refractivity contribution >= 4 is 17.6 Å². The second-order valence-electron chi connectivity index (χ2n) is 5.55. The molecule has 0 bridgehead atoms. The minimum Gasteiger partial charge on any atom is -0.358 e. The van der Waals surface area contributed by atoms with Gasteiger partial charge in [-0.2, -0.15) is 0 Å². The Labute approximate surface area is 119 Å². The van der Waals surface area contributed by atoms with Gasteiger partial charge in [0.05, 0.1) is 0 Å². The fourth-order valence-corrected chi connectivity index (χ4v) is 2.59. The van der Waals surface area contributed by atoms with Gasteiger partial charge in [0, 0.05) is 35.0 Å². The van der Waals surface area contributed by atoms with Crippen molar-refractivity contribution in [3.63, 3.8) is 0 Å². The normalized spacial score (nSPS) is 18.2. The Balaban J connectivity index is 1.86. The minimum absolute atomic E-state index is 0.0193. The third-order valence-corrected chi connectivity index (χ3v) is 3.82. The number of benzene rings is 2. The van der Waals surface area contributed by atoms with Crippen molar-refractivity contribution < 1.29 is 4.99 Å². The van der Waals surface area contributed by atoms with Crippen molar-refractivity contribution in [1.82, 2.24) is 0 Å². The van der Waals surface area contributed by atoms with E-state index < -0.39 is 0 Å². The van der Waals surface area contributed by atoms with Crippen molar-refractivity contribution in [3.05, 3.63) is 71.9 Å². The van der Waals surface area contributed by atoms with E-state index in [0.29, 0.717) is 0 Å². The van der Waals surface area contributed by atoms with Crippen LogP contribution in [0.4, 0.5) is 11.4 Å². The number of nitrogens with one attached hydrogen (secondary N) is 2. The van der Waals surface area contributed by atoms with Crippen LogP contribution in [-0.4, -0.2) is 6.21 Å². The van der Waals surface area contributed by atoms with Crippen LogP contribution in [0.2, 0.25) is 0 Å². The van der Waals surface area contributed by atoms with Gasteiger partial charge >= 0.3 is 0 Å². The summed E-state index contributed by atoms with van der Waals surface area (Å²) in [4.78, 5) is 3.29. The molecular weight excluding hydrogens is 244 g/mol. The summed E-state index contributed by atoms with van der Waals surface area (Å²) in [5, 5.41) is 3.50. The molecule has 2 aromatic carbocycles. The predicted molar refractivity (Wildman–Crippen MR) is 84.3 cm³/mol. The van der Waals surface area contributed by atoms with E-state index >= 15 is 0 Å². The molecule has 0 aromatic heterocycles. The van der Waals surface area contributed by atoms with Crippen molar-refractivity contribution in [2.24, 2.45) is 0 Å². The second kappa shape index (κ2) is 4.97. The highest BCUT2D eigenvalue weighted by Gasteiger charge is 2.34. The minimum atomic E-state index is 0.0193. The summed E-state index contributed by atoms with van der Waals surface area (Å²) in [5.41, 5.74) is 4.88. The van der Waals surface area contributed by atoms with E-state index in [9.17, 15) is 0 Å². The van der Waals surface area contributed by atoms with E-state index in [-0.39, 0.29) is 5.41 Å². The summed E-state index contributed by atoms with van der Waals surface area (Å²) in [7, 11) is 0. The standard InChI is InChI=1S/C18H18N2/c1-18(2)15-10-6-7-11-16(15)20-17(18)12-13-19-14-8-4-3-5-9-14/h3-13,20H,1-2H3/p+1. The molecule has 1 aliphatic heterocycles. The molecule has 2 N–H and O–H groups in total. The number of hydrogen-bond donors (Lipinski definition) is 2. The molecule has 0 aliphatic carbocycles. The van der Waals surface area contributed by atoms with Gasteiger partial charge in [-0.3, -0.25) is 0 Å². The number of hydrogen-bond acceptors (Lipinski definition) is 1. The van der Waals surface area contributed by atoms with Crippen molar-refractivity contribution in [3.8, 4) is 0 Å². The summed E-state index contributed by atoms with van der Waals surface area (Å²) >= 11 is 0. The predicted octanol–water partition coefficient (Wildman–Crippen LogP) is 2.76. The van der Waals surface area contributed by atoms with E-state index in [2.05, 4.69) is 66.6 Å². The smallest absolute Gasteiger partial charge is 0.203 e. The first-order chi connectivity index (χ1) is 9.68. The molecule has 0 radical (unpaired) electrons. The summed E-state index contributed by atoms with van der Waals surface area (Å²) in [6, 6.07) is 18.6. The van der Waals surface area contributed by atoms with Gasteiger partial charge in [-0.25, -0.2) is 4.99 Å². The fourth-order valence-electron chi connectivity index (χ4n) is 2.59. The van der Waals surface area contributed by atoms with Gasteiger partial charge in [0.15, 0.2) is 6.21 Å². The van der Waals surface area contributed by atoms with Crippen LogP contribution in [0.25, 0.3) is 0 Å². The molecule has 0 fully saturated rings. The largest absolute Gasteiger partial charge is 0.358 e. The molecule has 2 heteroatoms. The molecular formula is C18H19N2+. The molecule has 1 aliphatic rings. The van der Waals surface area contributed by atoms with Gasteiger partial charge in [-0.05, 0) is 11.6 Å². The van der Waals surface area contributed by atoms with Gasteiger partial charge in [0.2, 0.25) is 5.69 Å². The van der Waals surface area contributed by atoms with Crippen LogP contribution in [-0.2, 0) is 5.41 Å². The summed E-state index contributed by atoms with van der Waals surface area (Å²) in [6.45, 7) is 4.49. The molecule has 100 valence electrons. The Bertz CT molecular complexity index is 667. The van der Waals surface area contributed by atoms with Crippen LogP contribution in [0.5, 0.6) is 0 Å². The Morgan fingerprint density at radius 2 is 1.65 bits per heavy atom. The van der Waals surface area contributed by atoms with Crippen LogP contribution in [0.1, 0.15) is 19.4 Å². The maximum Gasteiger partial charge on any atom is 0.203 e. The van der Waals surface area contributed by atoms with Crippen molar-refractivity contribution in [1.29, 1.82) is 0 Å². The third kappa shape index (κ3) is 2.25. The van der Waals surface area contributed by atoms with Gasteiger partial charge in [-0.1, -0.05) is 50.2 Å². The molecule has 0 saturated heterocycles. The van der Waals surface area contributed by atoms with E-state index in [4.69, 9.17) is 0 Å². The van der Waals surface area contributed by atoms with Crippen molar-refractivity contribution in [2.45, 2.75) is 19.3 Å². The lowest BCUT2D eigenvalue weighted by Gasteiger charge is -2.19.